The summed E-state index contributed by atoms with van der Waals surface area (Å²) in [7, 11) is 1.32. The molecule has 0 aromatic carbocycles. The molecule has 0 bridgehead atoms. The highest BCUT2D eigenvalue weighted by Gasteiger charge is 2.49. The van der Waals surface area contributed by atoms with Crippen molar-refractivity contribution in [2.75, 3.05) is 7.11 Å². The number of aliphatic hydroxyl groups excluding tert-OH is 1. The average molecular weight is 307 g/mol. The zero-order valence-electron chi connectivity index (χ0n) is 13.2. The number of hydrogen-bond donors (Lipinski definition) is 2. The van der Waals surface area contributed by atoms with E-state index in [9.17, 15) is 9.90 Å². The van der Waals surface area contributed by atoms with Gasteiger partial charge in [-0.2, -0.15) is 0 Å². The Morgan fingerprint density at radius 3 is 2.77 bits per heavy atom. The van der Waals surface area contributed by atoms with Gasteiger partial charge < -0.3 is 14.9 Å². The van der Waals surface area contributed by atoms with Gasteiger partial charge in [-0.1, -0.05) is 19.2 Å². The van der Waals surface area contributed by atoms with Crippen molar-refractivity contribution in [1.82, 2.24) is 15.3 Å². The summed E-state index contributed by atoms with van der Waals surface area (Å²) in [5.74, 6) is 0. The summed E-state index contributed by atoms with van der Waals surface area (Å²) in [6.45, 7) is 9.79. The number of rotatable bonds is 7. The third kappa shape index (κ3) is 3.69. The summed E-state index contributed by atoms with van der Waals surface area (Å²) >= 11 is 0. The lowest BCUT2D eigenvalue weighted by Gasteiger charge is -2.41. The first kappa shape index (κ1) is 16.6. The van der Waals surface area contributed by atoms with Crippen LogP contribution < -0.4 is 5.32 Å². The van der Waals surface area contributed by atoms with E-state index in [0.717, 1.165) is 19.3 Å². The molecule has 1 amide bonds. The topological polar surface area (TPSA) is 64.8 Å². The minimum Gasteiger partial charge on any atom is -0.453 e. The van der Waals surface area contributed by atoms with E-state index in [4.69, 9.17) is 0 Å². The molecule has 0 aromatic rings. The van der Waals surface area contributed by atoms with E-state index in [0.29, 0.717) is 23.8 Å². The standard InChI is InChI=1S/C16H25N3O3/c1-5-18(13-9-14(20)10-13)19-12(3)15(19)8-6-7-11(2)17-16(21)22-4/h5-7,12-15,20H,1-2,8-10H2,3-4H3,(H,17,21)/b7-6-/t12?,13?,14?,15-,19?/m1/s1. The third-order valence-corrected chi connectivity index (χ3v) is 4.28. The number of hydrogen-bond acceptors (Lipinski definition) is 5. The SMILES string of the molecule is C=CN(C1CC(O)C1)N1C(C)[C@H]1C/C=C\C(=C)NC(=O)OC. The Kier molecular flexibility index (Phi) is 5.26. The predicted molar refractivity (Wildman–Crippen MR) is 84.6 cm³/mol. The van der Waals surface area contributed by atoms with Crippen molar-refractivity contribution in [2.45, 2.75) is 50.4 Å². The van der Waals surface area contributed by atoms with Gasteiger partial charge in [-0.15, -0.1) is 0 Å². The van der Waals surface area contributed by atoms with Gasteiger partial charge in [-0.25, -0.2) is 9.80 Å². The minimum absolute atomic E-state index is 0.172. The molecule has 2 fully saturated rings. The second-order valence-corrected chi connectivity index (χ2v) is 5.81. The second-order valence-electron chi connectivity index (χ2n) is 5.81. The fourth-order valence-corrected chi connectivity index (χ4v) is 2.86. The number of amides is 1. The average Bonchev–Trinajstić information content (AvgIpc) is 3.08. The Morgan fingerprint density at radius 1 is 1.55 bits per heavy atom. The summed E-state index contributed by atoms with van der Waals surface area (Å²) in [4.78, 5) is 11.0. The number of carbonyl (C=O) groups is 1. The van der Waals surface area contributed by atoms with Gasteiger partial charge in [0.2, 0.25) is 0 Å². The molecule has 2 rings (SSSR count). The van der Waals surface area contributed by atoms with Crippen LogP contribution in [-0.2, 0) is 4.74 Å². The molecular weight excluding hydrogens is 282 g/mol. The molecule has 2 aliphatic rings. The Labute approximate surface area is 131 Å². The fourth-order valence-electron chi connectivity index (χ4n) is 2.86. The van der Waals surface area contributed by atoms with Crippen LogP contribution >= 0.6 is 0 Å². The Balaban J connectivity index is 1.78. The summed E-state index contributed by atoms with van der Waals surface area (Å²) < 4.78 is 4.50. The van der Waals surface area contributed by atoms with Crippen molar-refractivity contribution in [2.24, 2.45) is 0 Å². The van der Waals surface area contributed by atoms with Gasteiger partial charge in [0.05, 0.1) is 19.3 Å². The summed E-state index contributed by atoms with van der Waals surface area (Å²) in [5.41, 5.74) is 0.509. The lowest BCUT2D eigenvalue weighted by atomic mass is 9.89. The third-order valence-electron chi connectivity index (χ3n) is 4.28. The predicted octanol–water partition coefficient (Wildman–Crippen LogP) is 1.76. The monoisotopic (exact) mass is 307 g/mol. The highest BCUT2D eigenvalue weighted by Crippen LogP contribution is 2.38. The van der Waals surface area contributed by atoms with Gasteiger partial charge in [-0.05, 0) is 32.3 Å². The molecule has 1 heterocycles. The molecule has 3 atom stereocenters. The molecule has 6 nitrogen and oxygen atoms in total. The van der Waals surface area contributed by atoms with Crippen LogP contribution in [0.3, 0.4) is 0 Å². The Bertz CT molecular complexity index is 471. The molecule has 1 aliphatic heterocycles. The van der Waals surface area contributed by atoms with Gasteiger partial charge >= 0.3 is 6.09 Å². The van der Waals surface area contributed by atoms with Crippen LogP contribution in [0.5, 0.6) is 0 Å². The van der Waals surface area contributed by atoms with E-state index >= 15 is 0 Å². The number of carbonyl (C=O) groups excluding carboxylic acids is 1. The molecule has 1 saturated carbocycles. The normalized spacial score (nSPS) is 33.0. The van der Waals surface area contributed by atoms with Crippen molar-refractivity contribution >= 4 is 6.09 Å². The number of ether oxygens (including phenoxy) is 1. The number of nitrogens with one attached hydrogen (secondary N) is 1. The lowest BCUT2D eigenvalue weighted by Crippen LogP contribution is -2.47. The molecule has 6 heteroatoms. The first-order valence-electron chi connectivity index (χ1n) is 7.55. The molecule has 0 radical (unpaired) electrons. The second kappa shape index (κ2) is 6.98. The van der Waals surface area contributed by atoms with E-state index in [-0.39, 0.29) is 6.10 Å². The maximum Gasteiger partial charge on any atom is 0.411 e. The number of allylic oxidation sites excluding steroid dienone is 1. The van der Waals surface area contributed by atoms with Gasteiger partial charge in [0.15, 0.2) is 0 Å². The van der Waals surface area contributed by atoms with E-state index in [1.54, 1.807) is 6.08 Å². The number of hydrazine groups is 1. The van der Waals surface area contributed by atoms with Crippen LogP contribution in [0.4, 0.5) is 4.79 Å². The Morgan fingerprint density at radius 2 is 2.23 bits per heavy atom. The van der Waals surface area contributed by atoms with Crippen molar-refractivity contribution < 1.29 is 14.6 Å². The fraction of sp³-hybridized carbons (Fsp3) is 0.562. The van der Waals surface area contributed by atoms with Crippen LogP contribution in [-0.4, -0.2) is 52.6 Å². The van der Waals surface area contributed by atoms with E-state index in [2.05, 4.69) is 40.2 Å². The zero-order chi connectivity index (χ0) is 16.3. The van der Waals surface area contributed by atoms with Crippen molar-refractivity contribution in [1.29, 1.82) is 0 Å². The molecule has 0 spiro atoms. The van der Waals surface area contributed by atoms with Crippen molar-refractivity contribution in [3.8, 4) is 0 Å². The Hall–Kier alpha value is -1.79. The first-order chi connectivity index (χ1) is 10.5. The van der Waals surface area contributed by atoms with Crippen LogP contribution in [0.1, 0.15) is 26.2 Å². The number of aliphatic hydroxyl groups is 1. The molecule has 122 valence electrons. The summed E-state index contributed by atoms with van der Waals surface area (Å²) in [6, 6.07) is 1.22. The summed E-state index contributed by atoms with van der Waals surface area (Å²) in [5, 5.41) is 16.4. The minimum atomic E-state index is -0.516. The zero-order valence-corrected chi connectivity index (χ0v) is 13.2. The molecule has 1 aliphatic carbocycles. The van der Waals surface area contributed by atoms with Gasteiger partial charge in [0, 0.05) is 24.0 Å². The summed E-state index contributed by atoms with van der Waals surface area (Å²) in [6.07, 6.45) is 7.40. The van der Waals surface area contributed by atoms with Crippen LogP contribution in [0, 0.1) is 0 Å². The largest absolute Gasteiger partial charge is 0.453 e. The van der Waals surface area contributed by atoms with Crippen LogP contribution in [0.2, 0.25) is 0 Å². The van der Waals surface area contributed by atoms with E-state index in [1.807, 2.05) is 12.3 Å². The van der Waals surface area contributed by atoms with Crippen molar-refractivity contribution in [3.63, 3.8) is 0 Å². The molecule has 0 aromatic heterocycles. The van der Waals surface area contributed by atoms with Gasteiger partial charge in [-0.3, -0.25) is 5.32 Å². The molecule has 2 unspecified atom stereocenters. The maximum absolute atomic E-state index is 11.0. The van der Waals surface area contributed by atoms with E-state index < -0.39 is 6.09 Å². The van der Waals surface area contributed by atoms with Crippen LogP contribution in [0.15, 0.2) is 37.2 Å². The number of nitrogens with zero attached hydrogens (tertiary/aromatic N) is 2. The highest BCUT2D eigenvalue weighted by atomic mass is 16.5. The first-order valence-corrected chi connectivity index (χ1v) is 7.55. The van der Waals surface area contributed by atoms with E-state index in [1.165, 1.54) is 7.11 Å². The highest BCUT2D eigenvalue weighted by molar-refractivity contribution is 5.69. The maximum atomic E-state index is 11.0. The smallest absolute Gasteiger partial charge is 0.411 e. The van der Waals surface area contributed by atoms with Crippen LogP contribution in [0.25, 0.3) is 0 Å². The lowest BCUT2D eigenvalue weighted by molar-refractivity contribution is -0.0393. The van der Waals surface area contributed by atoms with Gasteiger partial charge in [0.1, 0.15) is 0 Å². The quantitative estimate of drug-likeness (QED) is 0.554. The number of alkyl carbamates (subject to hydrolysis) is 1. The molecule has 22 heavy (non-hydrogen) atoms. The van der Waals surface area contributed by atoms with Gasteiger partial charge in [0.25, 0.3) is 0 Å². The van der Waals surface area contributed by atoms with Crippen molar-refractivity contribution in [3.05, 3.63) is 37.2 Å². The molecule has 2 N–H and O–H groups in total. The molecule has 1 saturated heterocycles. The molecular formula is C16H25N3O3. The number of methoxy groups -OCH3 is 1.